The Morgan fingerprint density at radius 3 is 1.48 bits per heavy atom. The van der Waals surface area contributed by atoms with Crippen molar-refractivity contribution in [1.82, 2.24) is 0 Å². The molecule has 3 fully saturated rings. The van der Waals surface area contributed by atoms with E-state index in [2.05, 4.69) is 0 Å². The van der Waals surface area contributed by atoms with Gasteiger partial charge in [-0.25, -0.2) is 19.2 Å². The Labute approximate surface area is 312 Å². The summed E-state index contributed by atoms with van der Waals surface area (Å²) in [4.78, 5) is 54.6. The van der Waals surface area contributed by atoms with E-state index in [1.807, 2.05) is 13.8 Å². The highest BCUT2D eigenvalue weighted by Gasteiger charge is 2.58. The molecule has 3 saturated heterocycles. The Kier molecular flexibility index (Phi) is 11.4. The van der Waals surface area contributed by atoms with Crippen LogP contribution in [0.1, 0.15) is 55.3 Å². The van der Waals surface area contributed by atoms with Crippen LogP contribution in [0.4, 0.5) is 0 Å². The maximum Gasteiger partial charge on any atom is 0.338 e. The van der Waals surface area contributed by atoms with Crippen LogP contribution in [0.3, 0.4) is 0 Å². The highest BCUT2D eigenvalue weighted by molar-refractivity contribution is 5.91. The molecule has 4 aromatic carbocycles. The van der Waals surface area contributed by atoms with Crippen molar-refractivity contribution in [3.8, 4) is 0 Å². The second-order valence-corrected chi connectivity index (χ2v) is 13.4. The topological polar surface area (TPSA) is 145 Å². The van der Waals surface area contributed by atoms with Crippen LogP contribution in [0.25, 0.3) is 0 Å². The number of epoxide rings is 1. The lowest BCUT2D eigenvalue weighted by atomic mass is 9.96. The number of fused-ring (bicyclic) bond motifs is 1. The Balaban J connectivity index is 1.28. The van der Waals surface area contributed by atoms with Gasteiger partial charge in [0.05, 0.1) is 41.1 Å². The molecule has 0 bridgehead atoms. The van der Waals surface area contributed by atoms with Gasteiger partial charge in [-0.1, -0.05) is 79.7 Å². The molecule has 3 aliphatic rings. The lowest BCUT2D eigenvalue weighted by Gasteiger charge is -2.45. The van der Waals surface area contributed by atoms with Crippen molar-refractivity contribution in [3.05, 3.63) is 144 Å². The summed E-state index contributed by atoms with van der Waals surface area (Å²) >= 11 is 0. The molecular weight excluding hydrogens is 696 g/mol. The number of esters is 4. The molecule has 0 N–H and O–H groups in total. The predicted molar refractivity (Wildman–Crippen MR) is 190 cm³/mol. The highest BCUT2D eigenvalue weighted by atomic mass is 16.8. The zero-order chi connectivity index (χ0) is 37.6. The van der Waals surface area contributed by atoms with E-state index in [4.69, 9.17) is 37.9 Å². The molecule has 3 aliphatic heterocycles. The van der Waals surface area contributed by atoms with Crippen LogP contribution in [-0.2, 0) is 37.9 Å². The molecule has 12 heteroatoms. The summed E-state index contributed by atoms with van der Waals surface area (Å²) in [6.07, 6.45) is -8.58. The van der Waals surface area contributed by atoms with Gasteiger partial charge < -0.3 is 37.9 Å². The van der Waals surface area contributed by atoms with Crippen LogP contribution >= 0.6 is 0 Å². The third-order valence-corrected chi connectivity index (χ3v) is 9.56. The minimum atomic E-state index is -1.52. The molecule has 12 nitrogen and oxygen atoms in total. The number of rotatable bonds is 11. The molecule has 0 aliphatic carbocycles. The van der Waals surface area contributed by atoms with Crippen molar-refractivity contribution in [2.24, 2.45) is 5.92 Å². The average molecular weight is 737 g/mol. The van der Waals surface area contributed by atoms with Crippen molar-refractivity contribution in [3.63, 3.8) is 0 Å². The van der Waals surface area contributed by atoms with Crippen molar-refractivity contribution >= 4 is 23.9 Å². The van der Waals surface area contributed by atoms with Gasteiger partial charge in [-0.2, -0.15) is 0 Å². The van der Waals surface area contributed by atoms with Crippen LogP contribution in [0, 0.1) is 5.92 Å². The fraction of sp³-hybridized carbons (Fsp3) is 0.333. The monoisotopic (exact) mass is 736 g/mol. The van der Waals surface area contributed by atoms with Gasteiger partial charge in [-0.15, -0.1) is 0 Å². The van der Waals surface area contributed by atoms with Crippen LogP contribution in [0.5, 0.6) is 0 Å². The maximum absolute atomic E-state index is 13.9. The first-order valence-corrected chi connectivity index (χ1v) is 17.8. The third kappa shape index (κ3) is 8.53. The highest BCUT2D eigenvalue weighted by Crippen LogP contribution is 2.40. The van der Waals surface area contributed by atoms with E-state index in [0.29, 0.717) is 6.61 Å². The first-order valence-electron chi connectivity index (χ1n) is 17.8. The summed E-state index contributed by atoms with van der Waals surface area (Å²) in [7, 11) is 0. The van der Waals surface area contributed by atoms with Gasteiger partial charge in [0.25, 0.3) is 0 Å². The lowest BCUT2D eigenvalue weighted by molar-refractivity contribution is -0.313. The number of ether oxygens (including phenoxy) is 8. The first-order chi connectivity index (χ1) is 26.3. The fourth-order valence-corrected chi connectivity index (χ4v) is 6.60. The molecule has 0 spiro atoms. The van der Waals surface area contributed by atoms with Gasteiger partial charge in [0.2, 0.25) is 0 Å². The van der Waals surface area contributed by atoms with Gasteiger partial charge in [0.1, 0.15) is 24.9 Å². The Morgan fingerprint density at radius 1 is 0.537 bits per heavy atom. The summed E-state index contributed by atoms with van der Waals surface area (Å²) in [6, 6.07) is 33.0. The number of carbonyl (C=O) groups excluding carboxylic acids is 4. The van der Waals surface area contributed by atoms with E-state index in [-0.39, 0.29) is 46.5 Å². The van der Waals surface area contributed by atoms with Crippen LogP contribution in [0.2, 0.25) is 0 Å². The van der Waals surface area contributed by atoms with E-state index in [9.17, 15) is 19.2 Å². The summed E-state index contributed by atoms with van der Waals surface area (Å²) in [5.74, 6) is -3.22. The summed E-state index contributed by atoms with van der Waals surface area (Å²) in [5, 5.41) is 0. The van der Waals surface area contributed by atoms with Crippen molar-refractivity contribution in [2.75, 3.05) is 13.2 Å². The Bertz CT molecular complexity index is 1890. The molecule has 0 aromatic heterocycles. The van der Waals surface area contributed by atoms with Gasteiger partial charge in [0.15, 0.2) is 24.6 Å². The van der Waals surface area contributed by atoms with Crippen molar-refractivity contribution < 1.29 is 57.1 Å². The molecule has 7 rings (SSSR count). The number of hydrogen-bond acceptors (Lipinski definition) is 12. The summed E-state index contributed by atoms with van der Waals surface area (Å²) in [5.41, 5.74) is 0.864. The summed E-state index contributed by atoms with van der Waals surface area (Å²) in [6.45, 7) is 3.75. The van der Waals surface area contributed by atoms with E-state index in [0.717, 1.165) is 0 Å². The zero-order valence-corrected chi connectivity index (χ0v) is 29.6. The Hall–Kier alpha value is -5.40. The molecular formula is C42H40O12. The molecule has 280 valence electrons. The lowest BCUT2D eigenvalue weighted by Crippen LogP contribution is -2.64. The molecule has 3 heterocycles. The van der Waals surface area contributed by atoms with E-state index in [1.54, 1.807) is 121 Å². The molecule has 54 heavy (non-hydrogen) atoms. The van der Waals surface area contributed by atoms with E-state index < -0.39 is 67.3 Å². The zero-order valence-electron chi connectivity index (χ0n) is 29.6. The molecule has 0 saturated carbocycles. The third-order valence-electron chi connectivity index (χ3n) is 9.56. The van der Waals surface area contributed by atoms with Gasteiger partial charge in [-0.05, 0) is 55.5 Å². The standard InChI is InChI=1S/C42H40O12/c1-25-23-47-26(2)33-35(50-33)32(25)54-42-37(53-41(46)30-21-13-6-14-22-30)36(52-40(45)29-19-11-5-12-20-29)34(51-39(44)28-17-9-4-10-18-28)31(49-42)24-48-38(43)27-15-7-3-8-16-27/h3-22,25-26,31-37,42H,23-24H2,1-2H3/t25?,26-,31?,32-,33+,34-,35?,36?,37+,42+/m1/s1. The molecule has 4 aromatic rings. The van der Waals surface area contributed by atoms with Gasteiger partial charge in [0, 0.05) is 5.92 Å². The van der Waals surface area contributed by atoms with Gasteiger partial charge in [-0.3, -0.25) is 0 Å². The van der Waals surface area contributed by atoms with Crippen LogP contribution in [-0.4, -0.2) is 92.2 Å². The largest absolute Gasteiger partial charge is 0.459 e. The van der Waals surface area contributed by atoms with Crippen LogP contribution in [0.15, 0.2) is 121 Å². The van der Waals surface area contributed by atoms with E-state index >= 15 is 0 Å². The average Bonchev–Trinajstić information content (AvgIpc) is 4.03. The van der Waals surface area contributed by atoms with Crippen molar-refractivity contribution in [2.45, 2.75) is 69.0 Å². The second kappa shape index (κ2) is 16.7. The molecule has 0 amide bonds. The van der Waals surface area contributed by atoms with Gasteiger partial charge >= 0.3 is 23.9 Å². The van der Waals surface area contributed by atoms with Crippen LogP contribution < -0.4 is 0 Å². The quantitative estimate of drug-likeness (QED) is 0.110. The summed E-state index contributed by atoms with van der Waals surface area (Å²) < 4.78 is 49.3. The fourth-order valence-electron chi connectivity index (χ4n) is 6.60. The predicted octanol–water partition coefficient (Wildman–Crippen LogP) is 5.45. The molecule has 4 unspecified atom stereocenters. The number of carbonyl (C=O) groups is 4. The first kappa shape index (κ1) is 36.9. The second-order valence-electron chi connectivity index (χ2n) is 13.4. The SMILES string of the molecule is CC1CO[C@H](C)[C@@H]2OC2[C@@H]1O[C@@H]1OC(COC(=O)c2ccccc2)[C@@H](OC(=O)c2ccccc2)C(OC(=O)c2ccccc2)[C@@H]1OC(=O)c1ccccc1. The molecule has 10 atom stereocenters. The number of benzene rings is 4. The normalized spacial score (nSPS) is 28.7. The Morgan fingerprint density at radius 2 is 0.981 bits per heavy atom. The molecule has 0 radical (unpaired) electrons. The van der Waals surface area contributed by atoms with E-state index in [1.165, 1.54) is 0 Å². The van der Waals surface area contributed by atoms with Crippen molar-refractivity contribution in [1.29, 1.82) is 0 Å². The minimum absolute atomic E-state index is 0.184. The smallest absolute Gasteiger partial charge is 0.338 e. The minimum Gasteiger partial charge on any atom is -0.459 e. The number of hydrogen-bond donors (Lipinski definition) is 0. The maximum atomic E-state index is 13.9.